The number of ketones is 1. The standard InChI is InChI=1S/C8H5Br2IO/c9-4-7(12)5-2-1-3-6(10)8(5)11/h1-3H,4H2. The molecule has 0 bridgehead atoms. The molecule has 1 aromatic rings. The van der Waals surface area contributed by atoms with Crippen molar-refractivity contribution in [1.29, 1.82) is 0 Å². The average Bonchev–Trinajstić information content (AvgIpc) is 2.08. The Morgan fingerprint density at radius 1 is 1.50 bits per heavy atom. The summed E-state index contributed by atoms with van der Waals surface area (Å²) in [6, 6.07) is 5.62. The number of carbonyl (C=O) groups excluding carboxylic acids is 1. The minimum atomic E-state index is 0.112. The third kappa shape index (κ3) is 2.29. The molecule has 0 aliphatic rings. The van der Waals surface area contributed by atoms with Crippen LogP contribution in [0.2, 0.25) is 0 Å². The molecule has 12 heavy (non-hydrogen) atoms. The Morgan fingerprint density at radius 3 is 2.75 bits per heavy atom. The lowest BCUT2D eigenvalue weighted by Crippen LogP contribution is -2.02. The van der Waals surface area contributed by atoms with Gasteiger partial charge in [0.25, 0.3) is 0 Å². The maximum absolute atomic E-state index is 11.3. The van der Waals surface area contributed by atoms with Crippen molar-refractivity contribution in [2.75, 3.05) is 5.33 Å². The van der Waals surface area contributed by atoms with Crippen LogP contribution < -0.4 is 0 Å². The van der Waals surface area contributed by atoms with Crippen LogP contribution in [0.25, 0.3) is 0 Å². The maximum atomic E-state index is 11.3. The second-order valence-corrected chi connectivity index (χ2v) is 4.65. The highest BCUT2D eigenvalue weighted by molar-refractivity contribution is 14.1. The van der Waals surface area contributed by atoms with Gasteiger partial charge in [-0.05, 0) is 44.6 Å². The van der Waals surface area contributed by atoms with E-state index in [4.69, 9.17) is 0 Å². The molecule has 0 amide bonds. The fraction of sp³-hybridized carbons (Fsp3) is 0.125. The van der Waals surface area contributed by atoms with E-state index in [0.717, 1.165) is 13.6 Å². The second kappa shape index (κ2) is 4.72. The summed E-state index contributed by atoms with van der Waals surface area (Å²) in [6.07, 6.45) is 0. The SMILES string of the molecule is O=C(CBr)c1cccc(Br)c1I. The zero-order valence-corrected chi connectivity index (χ0v) is 11.3. The normalized spacial score (nSPS) is 9.92. The predicted molar refractivity (Wildman–Crippen MR) is 65.0 cm³/mol. The average molecular weight is 404 g/mol. The van der Waals surface area contributed by atoms with E-state index in [-0.39, 0.29) is 5.78 Å². The van der Waals surface area contributed by atoms with Gasteiger partial charge >= 0.3 is 0 Å². The van der Waals surface area contributed by atoms with Gasteiger partial charge in [0, 0.05) is 13.6 Å². The largest absolute Gasteiger partial charge is 0.293 e. The van der Waals surface area contributed by atoms with Crippen molar-refractivity contribution in [2.24, 2.45) is 0 Å². The minimum Gasteiger partial charge on any atom is -0.293 e. The number of hydrogen-bond acceptors (Lipinski definition) is 1. The molecule has 0 spiro atoms. The molecule has 1 nitrogen and oxygen atoms in total. The van der Waals surface area contributed by atoms with E-state index < -0.39 is 0 Å². The molecular formula is C8H5Br2IO. The topological polar surface area (TPSA) is 17.1 Å². The fourth-order valence-electron chi connectivity index (χ4n) is 0.791. The van der Waals surface area contributed by atoms with Crippen LogP contribution in [-0.2, 0) is 0 Å². The van der Waals surface area contributed by atoms with Crippen molar-refractivity contribution >= 4 is 60.2 Å². The van der Waals surface area contributed by atoms with Crippen LogP contribution in [0, 0.1) is 3.57 Å². The lowest BCUT2D eigenvalue weighted by Gasteiger charge is -2.02. The lowest BCUT2D eigenvalue weighted by atomic mass is 10.2. The number of halogens is 3. The van der Waals surface area contributed by atoms with E-state index >= 15 is 0 Å². The first-order valence-corrected chi connectivity index (χ1v) is 6.19. The van der Waals surface area contributed by atoms with Gasteiger partial charge in [-0.3, -0.25) is 4.79 Å². The van der Waals surface area contributed by atoms with Gasteiger partial charge in [-0.25, -0.2) is 0 Å². The van der Waals surface area contributed by atoms with Crippen LogP contribution in [0.15, 0.2) is 22.7 Å². The van der Waals surface area contributed by atoms with Crippen molar-refractivity contribution in [1.82, 2.24) is 0 Å². The van der Waals surface area contributed by atoms with Crippen LogP contribution in [-0.4, -0.2) is 11.1 Å². The first-order valence-electron chi connectivity index (χ1n) is 3.20. The molecule has 0 saturated heterocycles. The number of hydrogen-bond donors (Lipinski definition) is 0. The van der Waals surface area contributed by atoms with E-state index in [2.05, 4.69) is 54.5 Å². The molecule has 64 valence electrons. The van der Waals surface area contributed by atoms with E-state index in [1.807, 2.05) is 18.2 Å². The highest BCUT2D eigenvalue weighted by Crippen LogP contribution is 2.23. The van der Waals surface area contributed by atoms with Crippen LogP contribution in [0.1, 0.15) is 10.4 Å². The summed E-state index contributed by atoms with van der Waals surface area (Å²) in [6.45, 7) is 0. The van der Waals surface area contributed by atoms with Crippen molar-refractivity contribution in [3.05, 3.63) is 31.8 Å². The summed E-state index contributed by atoms with van der Waals surface area (Å²) in [4.78, 5) is 11.3. The maximum Gasteiger partial charge on any atom is 0.174 e. The van der Waals surface area contributed by atoms with E-state index in [1.54, 1.807) is 0 Å². The Kier molecular flexibility index (Phi) is 4.19. The molecule has 4 heteroatoms. The Bertz CT molecular complexity index is 312. The lowest BCUT2D eigenvalue weighted by molar-refractivity contribution is 0.102. The summed E-state index contributed by atoms with van der Waals surface area (Å²) < 4.78 is 1.94. The smallest absolute Gasteiger partial charge is 0.174 e. The molecule has 0 fully saturated rings. The molecule has 0 N–H and O–H groups in total. The van der Waals surface area contributed by atoms with Crippen LogP contribution >= 0.6 is 54.5 Å². The molecule has 0 saturated carbocycles. The summed E-state index contributed by atoms with van der Waals surface area (Å²) in [5, 5.41) is 0.374. The van der Waals surface area contributed by atoms with Crippen LogP contribution in [0.5, 0.6) is 0 Å². The highest BCUT2D eigenvalue weighted by Gasteiger charge is 2.09. The minimum absolute atomic E-state index is 0.112. The summed E-state index contributed by atoms with van der Waals surface area (Å²) >= 11 is 8.67. The number of alkyl halides is 1. The third-order valence-corrected chi connectivity index (χ3v) is 4.45. The highest BCUT2D eigenvalue weighted by atomic mass is 127. The summed E-state index contributed by atoms with van der Waals surface area (Å²) in [5.41, 5.74) is 0.766. The quantitative estimate of drug-likeness (QED) is 0.418. The molecular weight excluding hydrogens is 399 g/mol. The van der Waals surface area contributed by atoms with Gasteiger partial charge < -0.3 is 0 Å². The van der Waals surface area contributed by atoms with Gasteiger partial charge in [0.1, 0.15) is 0 Å². The van der Waals surface area contributed by atoms with Gasteiger partial charge in [0.2, 0.25) is 0 Å². The van der Waals surface area contributed by atoms with Gasteiger partial charge in [-0.1, -0.05) is 28.1 Å². The van der Waals surface area contributed by atoms with Gasteiger partial charge in [0.15, 0.2) is 5.78 Å². The van der Waals surface area contributed by atoms with E-state index in [1.165, 1.54) is 0 Å². The molecule has 1 aromatic carbocycles. The Balaban J connectivity index is 3.16. The Hall–Kier alpha value is 0.580. The molecule has 0 atom stereocenters. The third-order valence-electron chi connectivity index (χ3n) is 1.37. The van der Waals surface area contributed by atoms with E-state index in [9.17, 15) is 4.79 Å². The predicted octanol–water partition coefficient (Wildman–Crippen LogP) is 3.63. The monoisotopic (exact) mass is 402 g/mol. The molecule has 1 rings (SSSR count). The zero-order valence-electron chi connectivity index (χ0n) is 5.98. The number of rotatable bonds is 2. The van der Waals surface area contributed by atoms with Crippen LogP contribution in [0.4, 0.5) is 0 Å². The molecule has 0 aromatic heterocycles. The van der Waals surface area contributed by atoms with Crippen LogP contribution in [0.3, 0.4) is 0 Å². The second-order valence-electron chi connectivity index (χ2n) is 2.16. The van der Waals surface area contributed by atoms with Gasteiger partial charge in [0.05, 0.1) is 5.33 Å². The van der Waals surface area contributed by atoms with Crippen molar-refractivity contribution < 1.29 is 4.79 Å². The number of Topliss-reactive ketones (excluding diaryl/α,β-unsaturated/α-hetero) is 1. The molecule has 0 aliphatic heterocycles. The summed E-state index contributed by atoms with van der Waals surface area (Å²) in [5.74, 6) is 0.112. The van der Waals surface area contributed by atoms with Crippen molar-refractivity contribution in [2.45, 2.75) is 0 Å². The Morgan fingerprint density at radius 2 is 2.17 bits per heavy atom. The molecule has 0 radical (unpaired) electrons. The number of carbonyl (C=O) groups is 1. The van der Waals surface area contributed by atoms with Crippen molar-refractivity contribution in [3.63, 3.8) is 0 Å². The van der Waals surface area contributed by atoms with Crippen molar-refractivity contribution in [3.8, 4) is 0 Å². The first kappa shape index (κ1) is 10.7. The molecule has 0 unspecified atom stereocenters. The first-order chi connectivity index (χ1) is 5.66. The van der Waals surface area contributed by atoms with E-state index in [0.29, 0.717) is 5.33 Å². The number of benzene rings is 1. The van der Waals surface area contributed by atoms with Gasteiger partial charge in [-0.15, -0.1) is 0 Å². The zero-order chi connectivity index (χ0) is 9.14. The van der Waals surface area contributed by atoms with Gasteiger partial charge in [-0.2, -0.15) is 0 Å². The Labute approximate surface area is 101 Å². The fourth-order valence-corrected chi connectivity index (χ4v) is 2.12. The molecule has 0 heterocycles. The molecule has 0 aliphatic carbocycles. The summed E-state index contributed by atoms with van der Waals surface area (Å²) in [7, 11) is 0.